The van der Waals surface area contributed by atoms with E-state index in [1.165, 1.54) is 5.56 Å². The van der Waals surface area contributed by atoms with Gasteiger partial charge in [-0.3, -0.25) is 4.79 Å². The number of hydrogen-bond acceptors (Lipinski definition) is 3. The second kappa shape index (κ2) is 7.23. The highest BCUT2D eigenvalue weighted by Crippen LogP contribution is 2.28. The second-order valence-electron chi connectivity index (χ2n) is 8.38. The van der Waals surface area contributed by atoms with Gasteiger partial charge in [-0.1, -0.05) is 38.5 Å². The highest BCUT2D eigenvalue weighted by molar-refractivity contribution is 5.92. The molecule has 1 aliphatic heterocycles. The van der Waals surface area contributed by atoms with Crippen LogP contribution < -0.4 is 10.6 Å². The second-order valence-corrected chi connectivity index (χ2v) is 8.38. The number of rotatable bonds is 3. The van der Waals surface area contributed by atoms with Gasteiger partial charge in [0.25, 0.3) is 0 Å². The first kappa shape index (κ1) is 18.6. The minimum atomic E-state index is -0.0852. The molecule has 2 heterocycles. The van der Waals surface area contributed by atoms with Crippen LogP contribution in [0.5, 0.6) is 0 Å². The third-order valence-corrected chi connectivity index (χ3v) is 5.02. The van der Waals surface area contributed by atoms with Crippen LogP contribution >= 0.6 is 0 Å². The van der Waals surface area contributed by atoms with Gasteiger partial charge in [0.05, 0.1) is 11.4 Å². The van der Waals surface area contributed by atoms with Crippen LogP contribution in [0.2, 0.25) is 0 Å². The van der Waals surface area contributed by atoms with Gasteiger partial charge >= 0.3 is 0 Å². The van der Waals surface area contributed by atoms with Gasteiger partial charge in [-0.25, -0.2) is 4.68 Å². The van der Waals surface area contributed by atoms with Gasteiger partial charge in [-0.2, -0.15) is 5.10 Å². The maximum atomic E-state index is 12.8. The molecule has 1 aromatic carbocycles. The maximum absolute atomic E-state index is 12.8. The Kier molecular flexibility index (Phi) is 5.19. The lowest BCUT2D eigenvalue weighted by molar-refractivity contribution is -0.120. The van der Waals surface area contributed by atoms with Crippen molar-refractivity contribution in [2.75, 3.05) is 18.4 Å². The van der Waals surface area contributed by atoms with Crippen molar-refractivity contribution >= 4 is 11.7 Å². The van der Waals surface area contributed by atoms with E-state index >= 15 is 0 Å². The summed E-state index contributed by atoms with van der Waals surface area (Å²) in [4.78, 5) is 12.8. The van der Waals surface area contributed by atoms with E-state index in [9.17, 15) is 4.79 Å². The Morgan fingerprint density at radius 1 is 1.19 bits per heavy atom. The van der Waals surface area contributed by atoms with Gasteiger partial charge in [-0.15, -0.1) is 0 Å². The van der Waals surface area contributed by atoms with Crippen LogP contribution in [0.4, 0.5) is 5.82 Å². The number of nitrogens with zero attached hydrogens (tertiary/aromatic N) is 2. The molecule has 1 aromatic heterocycles. The van der Waals surface area contributed by atoms with Crippen molar-refractivity contribution < 1.29 is 4.79 Å². The zero-order valence-corrected chi connectivity index (χ0v) is 16.5. The summed E-state index contributed by atoms with van der Waals surface area (Å²) in [5.74, 6) is 0.917. The van der Waals surface area contributed by atoms with Gasteiger partial charge in [0.2, 0.25) is 5.91 Å². The Bertz CT molecular complexity index is 795. The molecule has 0 bridgehead atoms. The Labute approximate surface area is 156 Å². The number of amides is 1. The van der Waals surface area contributed by atoms with Gasteiger partial charge in [0, 0.05) is 17.4 Å². The van der Waals surface area contributed by atoms with E-state index in [1.807, 2.05) is 10.7 Å². The summed E-state index contributed by atoms with van der Waals surface area (Å²) in [7, 11) is 0. The van der Waals surface area contributed by atoms with E-state index in [1.54, 1.807) is 0 Å². The molecule has 26 heavy (non-hydrogen) atoms. The van der Waals surface area contributed by atoms with Crippen LogP contribution in [0.3, 0.4) is 0 Å². The smallest absolute Gasteiger partial charge is 0.228 e. The quantitative estimate of drug-likeness (QED) is 0.883. The molecular weight excluding hydrogens is 324 g/mol. The lowest BCUT2D eigenvalue weighted by atomic mass is 9.92. The first-order valence-corrected chi connectivity index (χ1v) is 9.45. The number of hydrogen-bond donors (Lipinski definition) is 2. The number of carbonyl (C=O) groups excluding carboxylic acids is 1. The summed E-state index contributed by atoms with van der Waals surface area (Å²) >= 11 is 0. The van der Waals surface area contributed by atoms with Crippen molar-refractivity contribution in [2.45, 2.75) is 52.9 Å². The number of anilines is 1. The molecule has 2 aromatic rings. The molecule has 1 saturated heterocycles. The summed E-state index contributed by atoms with van der Waals surface area (Å²) in [5.41, 5.74) is 4.25. The number of piperidine rings is 1. The van der Waals surface area contributed by atoms with Crippen LogP contribution in [-0.2, 0) is 10.2 Å². The fourth-order valence-corrected chi connectivity index (χ4v) is 3.38. The van der Waals surface area contributed by atoms with Crippen molar-refractivity contribution in [3.63, 3.8) is 0 Å². The molecule has 0 aliphatic carbocycles. The minimum Gasteiger partial charge on any atom is -0.317 e. The van der Waals surface area contributed by atoms with E-state index in [2.05, 4.69) is 63.5 Å². The third-order valence-electron chi connectivity index (χ3n) is 5.02. The highest BCUT2D eigenvalue weighted by atomic mass is 16.2. The Morgan fingerprint density at radius 3 is 2.50 bits per heavy atom. The standard InChI is InChI=1S/C21H30N4O/c1-14-6-7-17(15(2)12-14)25-19(13-18(24-25)21(3,4)5)23-20(26)16-8-10-22-11-9-16/h6-7,12-13,16,22H,8-11H2,1-5H3,(H,23,26). The molecule has 140 valence electrons. The van der Waals surface area contributed by atoms with Gasteiger partial charge in [-0.05, 0) is 51.4 Å². The zero-order valence-electron chi connectivity index (χ0n) is 16.5. The van der Waals surface area contributed by atoms with E-state index in [-0.39, 0.29) is 17.2 Å². The number of aryl methyl sites for hydroxylation is 2. The first-order chi connectivity index (χ1) is 12.3. The molecule has 5 heteroatoms. The monoisotopic (exact) mass is 354 g/mol. The summed E-state index contributed by atoms with van der Waals surface area (Å²) in [6.45, 7) is 12.4. The molecule has 2 N–H and O–H groups in total. The molecule has 1 fully saturated rings. The third kappa shape index (κ3) is 3.98. The SMILES string of the molecule is Cc1ccc(-n2nc(C(C)(C)C)cc2NC(=O)C2CCNCC2)c(C)c1. The molecule has 5 nitrogen and oxygen atoms in total. The molecular formula is C21H30N4O. The summed E-state index contributed by atoms with van der Waals surface area (Å²) < 4.78 is 1.88. The van der Waals surface area contributed by atoms with E-state index in [4.69, 9.17) is 5.10 Å². The predicted octanol–water partition coefficient (Wildman–Crippen LogP) is 3.72. The van der Waals surface area contributed by atoms with E-state index < -0.39 is 0 Å². The van der Waals surface area contributed by atoms with Crippen LogP contribution in [0, 0.1) is 19.8 Å². The van der Waals surface area contributed by atoms with E-state index in [0.29, 0.717) is 0 Å². The zero-order chi connectivity index (χ0) is 18.9. The molecule has 1 aliphatic rings. The molecule has 0 atom stereocenters. The van der Waals surface area contributed by atoms with Crippen LogP contribution in [0.1, 0.15) is 50.4 Å². The van der Waals surface area contributed by atoms with Crippen molar-refractivity contribution in [1.29, 1.82) is 0 Å². The van der Waals surface area contributed by atoms with Gasteiger partial charge < -0.3 is 10.6 Å². The lowest BCUT2D eigenvalue weighted by Crippen LogP contribution is -2.35. The van der Waals surface area contributed by atoms with Crippen LogP contribution in [0.25, 0.3) is 5.69 Å². The minimum absolute atomic E-state index is 0.0665. The number of carbonyl (C=O) groups is 1. The van der Waals surface area contributed by atoms with Crippen molar-refractivity contribution in [3.05, 3.63) is 41.1 Å². The topological polar surface area (TPSA) is 59.0 Å². The molecule has 0 saturated carbocycles. The summed E-state index contributed by atoms with van der Waals surface area (Å²) in [5, 5.41) is 11.3. The van der Waals surface area contributed by atoms with E-state index in [0.717, 1.165) is 48.7 Å². The number of aromatic nitrogens is 2. The van der Waals surface area contributed by atoms with Crippen LogP contribution in [0.15, 0.2) is 24.3 Å². The van der Waals surface area contributed by atoms with Gasteiger partial charge in [0.1, 0.15) is 5.82 Å². The normalized spacial score (nSPS) is 15.9. The number of benzene rings is 1. The van der Waals surface area contributed by atoms with Crippen molar-refractivity contribution in [3.8, 4) is 5.69 Å². The average molecular weight is 354 g/mol. The Morgan fingerprint density at radius 2 is 1.88 bits per heavy atom. The maximum Gasteiger partial charge on any atom is 0.228 e. The fourth-order valence-electron chi connectivity index (χ4n) is 3.38. The molecule has 3 rings (SSSR count). The summed E-state index contributed by atoms with van der Waals surface area (Å²) in [6.07, 6.45) is 1.77. The Balaban J connectivity index is 1.97. The first-order valence-electron chi connectivity index (χ1n) is 9.45. The van der Waals surface area contributed by atoms with Crippen molar-refractivity contribution in [2.24, 2.45) is 5.92 Å². The lowest BCUT2D eigenvalue weighted by Gasteiger charge is -2.22. The van der Waals surface area contributed by atoms with Crippen molar-refractivity contribution in [1.82, 2.24) is 15.1 Å². The molecule has 0 spiro atoms. The largest absolute Gasteiger partial charge is 0.317 e. The molecule has 0 unspecified atom stereocenters. The number of nitrogens with one attached hydrogen (secondary N) is 2. The predicted molar refractivity (Wildman–Crippen MR) is 106 cm³/mol. The highest BCUT2D eigenvalue weighted by Gasteiger charge is 2.25. The average Bonchev–Trinajstić information content (AvgIpc) is 2.99. The molecule has 1 amide bonds. The summed E-state index contributed by atoms with van der Waals surface area (Å²) in [6, 6.07) is 8.31. The molecule has 0 radical (unpaired) electrons. The van der Waals surface area contributed by atoms with Gasteiger partial charge in [0.15, 0.2) is 0 Å². The fraction of sp³-hybridized carbons (Fsp3) is 0.524. The Hall–Kier alpha value is -2.14. The van der Waals surface area contributed by atoms with Crippen LogP contribution in [-0.4, -0.2) is 28.8 Å².